The first-order valence-electron chi connectivity index (χ1n) is 8.12. The predicted octanol–water partition coefficient (Wildman–Crippen LogP) is 3.01. The quantitative estimate of drug-likeness (QED) is 0.933. The highest BCUT2D eigenvalue weighted by molar-refractivity contribution is 7.92. The lowest BCUT2D eigenvalue weighted by molar-refractivity contribution is 0.443. The lowest BCUT2D eigenvalue weighted by atomic mass is 9.87. The molecule has 21 heavy (non-hydrogen) atoms. The maximum atomic E-state index is 13.1. The largest absolute Gasteiger partial charge is 0.312 e. The van der Waals surface area contributed by atoms with Crippen LogP contribution in [-0.2, 0) is 16.3 Å². The first-order chi connectivity index (χ1) is 10.1. The van der Waals surface area contributed by atoms with E-state index in [0.717, 1.165) is 38.5 Å². The number of sulfone groups is 1. The Bertz CT molecular complexity index is 591. The number of hydrogen-bond acceptors (Lipinski definition) is 3. The summed E-state index contributed by atoms with van der Waals surface area (Å²) < 4.78 is 26.2. The van der Waals surface area contributed by atoms with Crippen molar-refractivity contribution in [1.29, 1.82) is 0 Å². The van der Waals surface area contributed by atoms with E-state index < -0.39 is 9.84 Å². The third kappa shape index (κ3) is 2.76. The maximum Gasteiger partial charge on any atom is 0.157 e. The van der Waals surface area contributed by atoms with Crippen LogP contribution in [0.25, 0.3) is 0 Å². The summed E-state index contributed by atoms with van der Waals surface area (Å²) in [5.74, 6) is 0. The highest BCUT2D eigenvalue weighted by atomic mass is 32.2. The minimum Gasteiger partial charge on any atom is -0.312 e. The van der Waals surface area contributed by atoms with Crippen LogP contribution in [0.5, 0.6) is 0 Å². The smallest absolute Gasteiger partial charge is 0.157 e. The van der Waals surface area contributed by atoms with Crippen LogP contribution < -0.4 is 5.32 Å². The van der Waals surface area contributed by atoms with Crippen LogP contribution in [0.1, 0.15) is 55.7 Å². The first kappa shape index (κ1) is 15.0. The molecule has 0 heterocycles. The normalized spacial score (nSPS) is 27.3. The van der Waals surface area contributed by atoms with Gasteiger partial charge in [-0.05, 0) is 43.9 Å². The second-order valence-corrected chi connectivity index (χ2v) is 8.84. The second-order valence-electron chi connectivity index (χ2n) is 6.39. The number of hydrogen-bond donors (Lipinski definition) is 1. The zero-order valence-electron chi connectivity index (χ0n) is 12.7. The average molecular weight is 307 g/mol. The molecule has 2 aliphatic carbocycles. The van der Waals surface area contributed by atoms with E-state index in [-0.39, 0.29) is 16.5 Å². The highest BCUT2D eigenvalue weighted by Gasteiger charge is 2.41. The molecule has 0 radical (unpaired) electrons. The molecule has 1 aromatic rings. The van der Waals surface area contributed by atoms with E-state index in [0.29, 0.717) is 0 Å². The molecule has 3 rings (SSSR count). The van der Waals surface area contributed by atoms with Crippen molar-refractivity contribution in [2.75, 3.05) is 7.05 Å². The van der Waals surface area contributed by atoms with E-state index >= 15 is 0 Å². The van der Waals surface area contributed by atoms with Gasteiger partial charge in [-0.25, -0.2) is 8.42 Å². The van der Waals surface area contributed by atoms with Crippen LogP contribution in [0.3, 0.4) is 0 Å². The summed E-state index contributed by atoms with van der Waals surface area (Å²) in [6.07, 6.45) is 6.67. The molecule has 1 saturated carbocycles. The Kier molecular flexibility index (Phi) is 4.36. The molecule has 0 aliphatic heterocycles. The summed E-state index contributed by atoms with van der Waals surface area (Å²) >= 11 is 0. The Morgan fingerprint density at radius 3 is 2.48 bits per heavy atom. The van der Waals surface area contributed by atoms with E-state index in [1.807, 2.05) is 19.2 Å². The van der Waals surface area contributed by atoms with E-state index in [1.54, 1.807) is 0 Å². The van der Waals surface area contributed by atoms with E-state index in [2.05, 4.69) is 17.4 Å². The molecule has 2 unspecified atom stereocenters. The summed E-state index contributed by atoms with van der Waals surface area (Å²) in [6, 6.07) is 8.21. The molecule has 116 valence electrons. The maximum absolute atomic E-state index is 13.1. The Labute approximate surface area is 128 Å². The summed E-state index contributed by atoms with van der Waals surface area (Å²) in [5, 5.41) is 2.90. The van der Waals surface area contributed by atoms with Gasteiger partial charge in [0, 0.05) is 6.04 Å². The van der Waals surface area contributed by atoms with Gasteiger partial charge in [-0.1, -0.05) is 43.5 Å². The Morgan fingerprint density at radius 2 is 1.76 bits per heavy atom. The number of benzene rings is 1. The molecule has 0 aromatic heterocycles. The van der Waals surface area contributed by atoms with Gasteiger partial charge in [0.05, 0.1) is 10.5 Å². The fraction of sp³-hybridized carbons (Fsp3) is 0.647. The van der Waals surface area contributed by atoms with Crippen molar-refractivity contribution in [3.8, 4) is 0 Å². The van der Waals surface area contributed by atoms with Gasteiger partial charge in [0.25, 0.3) is 0 Å². The Balaban J connectivity index is 1.91. The van der Waals surface area contributed by atoms with Crippen LogP contribution in [0.15, 0.2) is 24.3 Å². The SMILES string of the molecule is CNC1c2ccccc2CCC1S(=O)(=O)C1CCCCC1. The molecule has 1 fully saturated rings. The molecular weight excluding hydrogens is 282 g/mol. The Hall–Kier alpha value is -0.870. The first-order valence-corrected chi connectivity index (χ1v) is 9.73. The molecule has 1 aromatic carbocycles. The van der Waals surface area contributed by atoms with Crippen molar-refractivity contribution >= 4 is 9.84 Å². The van der Waals surface area contributed by atoms with Gasteiger partial charge in [0.1, 0.15) is 0 Å². The third-order valence-electron chi connectivity index (χ3n) is 5.21. The zero-order valence-corrected chi connectivity index (χ0v) is 13.5. The van der Waals surface area contributed by atoms with E-state index in [9.17, 15) is 8.42 Å². The molecule has 3 nitrogen and oxygen atoms in total. The minimum absolute atomic E-state index is 0.0538. The molecule has 4 heteroatoms. The molecule has 0 saturated heterocycles. The van der Waals surface area contributed by atoms with Crippen LogP contribution in [-0.4, -0.2) is 26.0 Å². The van der Waals surface area contributed by atoms with Crippen LogP contribution >= 0.6 is 0 Å². The van der Waals surface area contributed by atoms with Gasteiger partial charge >= 0.3 is 0 Å². The average Bonchev–Trinajstić information content (AvgIpc) is 2.54. The predicted molar refractivity (Wildman–Crippen MR) is 86.1 cm³/mol. The zero-order chi connectivity index (χ0) is 14.9. The van der Waals surface area contributed by atoms with Gasteiger partial charge in [-0.2, -0.15) is 0 Å². The minimum atomic E-state index is -3.05. The third-order valence-corrected chi connectivity index (χ3v) is 7.96. The lowest BCUT2D eigenvalue weighted by Gasteiger charge is -2.36. The van der Waals surface area contributed by atoms with Crippen LogP contribution in [0.2, 0.25) is 0 Å². The van der Waals surface area contributed by atoms with Crippen LogP contribution in [0.4, 0.5) is 0 Å². The van der Waals surface area contributed by atoms with Crippen molar-refractivity contribution < 1.29 is 8.42 Å². The number of aryl methyl sites for hydroxylation is 1. The van der Waals surface area contributed by atoms with Gasteiger partial charge in [0.15, 0.2) is 9.84 Å². The van der Waals surface area contributed by atoms with Gasteiger partial charge in [0.2, 0.25) is 0 Å². The van der Waals surface area contributed by atoms with Crippen molar-refractivity contribution in [3.05, 3.63) is 35.4 Å². The van der Waals surface area contributed by atoms with Crippen molar-refractivity contribution in [2.45, 2.75) is 61.5 Å². The highest BCUT2D eigenvalue weighted by Crippen LogP contribution is 2.37. The van der Waals surface area contributed by atoms with Gasteiger partial charge in [-0.3, -0.25) is 0 Å². The second kappa shape index (κ2) is 6.09. The summed E-state index contributed by atoms with van der Waals surface area (Å²) in [7, 11) is -1.17. The molecule has 2 aliphatic rings. The van der Waals surface area contributed by atoms with Gasteiger partial charge < -0.3 is 5.32 Å². The molecule has 1 N–H and O–H groups in total. The van der Waals surface area contributed by atoms with E-state index in [4.69, 9.17) is 0 Å². The van der Waals surface area contributed by atoms with Crippen molar-refractivity contribution in [1.82, 2.24) is 5.32 Å². The fourth-order valence-corrected chi connectivity index (χ4v) is 6.66. The molecule has 0 amide bonds. The topological polar surface area (TPSA) is 46.2 Å². The summed E-state index contributed by atoms with van der Waals surface area (Å²) in [6.45, 7) is 0. The number of fused-ring (bicyclic) bond motifs is 1. The van der Waals surface area contributed by atoms with Crippen LogP contribution in [0, 0.1) is 0 Å². The summed E-state index contributed by atoms with van der Waals surface area (Å²) in [5.41, 5.74) is 2.47. The van der Waals surface area contributed by atoms with Crippen molar-refractivity contribution in [2.24, 2.45) is 0 Å². The number of nitrogens with one attached hydrogen (secondary N) is 1. The molecule has 0 bridgehead atoms. The van der Waals surface area contributed by atoms with Crippen molar-refractivity contribution in [3.63, 3.8) is 0 Å². The lowest BCUT2D eigenvalue weighted by Crippen LogP contribution is -2.44. The molecule has 2 atom stereocenters. The Morgan fingerprint density at radius 1 is 1.05 bits per heavy atom. The number of rotatable bonds is 3. The van der Waals surface area contributed by atoms with Gasteiger partial charge in [-0.15, -0.1) is 0 Å². The monoisotopic (exact) mass is 307 g/mol. The molecule has 0 spiro atoms. The fourth-order valence-electron chi connectivity index (χ4n) is 4.07. The standard InChI is InChI=1S/C17H25NO2S/c1-18-17-15-10-6-5-7-13(15)11-12-16(17)21(19,20)14-8-3-2-4-9-14/h5-7,10,14,16-18H,2-4,8-9,11-12H2,1H3. The van der Waals surface area contributed by atoms with E-state index in [1.165, 1.54) is 17.5 Å². The molecular formula is C17H25NO2S. The summed E-state index contributed by atoms with van der Waals surface area (Å²) in [4.78, 5) is 0.